The highest BCUT2D eigenvalue weighted by molar-refractivity contribution is 5.84. The number of pyridine rings is 1. The van der Waals surface area contributed by atoms with E-state index < -0.39 is 6.04 Å². The minimum Gasteiger partial charge on any atom is -0.368 e. The van der Waals surface area contributed by atoms with Crippen molar-refractivity contribution in [2.24, 2.45) is 5.73 Å². The number of piperidine rings is 1. The van der Waals surface area contributed by atoms with Gasteiger partial charge in [-0.2, -0.15) is 0 Å². The van der Waals surface area contributed by atoms with E-state index in [0.717, 1.165) is 12.2 Å². The van der Waals surface area contributed by atoms with Crippen molar-refractivity contribution < 1.29 is 9.59 Å². The number of hydrogen-bond donors (Lipinski definition) is 1. The molecule has 0 aliphatic carbocycles. The highest BCUT2D eigenvalue weighted by atomic mass is 16.2. The van der Waals surface area contributed by atoms with Gasteiger partial charge in [-0.1, -0.05) is 6.92 Å². The number of primary amides is 1. The molecule has 6 heteroatoms. The Morgan fingerprint density at radius 2 is 2.33 bits per heavy atom. The molecule has 21 heavy (non-hydrogen) atoms. The minimum atomic E-state index is -0.439. The summed E-state index contributed by atoms with van der Waals surface area (Å²) in [6.07, 6.45) is 3.38. The Hall–Kier alpha value is -2.11. The maximum absolute atomic E-state index is 11.8. The summed E-state index contributed by atoms with van der Waals surface area (Å²) in [5.74, 6) is 0.427. The molecule has 0 aromatic carbocycles. The van der Waals surface area contributed by atoms with Gasteiger partial charge in [-0.3, -0.25) is 9.59 Å². The van der Waals surface area contributed by atoms with Gasteiger partial charge in [-0.25, -0.2) is 4.98 Å². The van der Waals surface area contributed by atoms with Gasteiger partial charge in [0.25, 0.3) is 0 Å². The Labute approximate surface area is 124 Å². The zero-order valence-corrected chi connectivity index (χ0v) is 12.5. The van der Waals surface area contributed by atoms with Gasteiger partial charge in [0, 0.05) is 38.3 Å². The standard InChI is InChI=1S/C15H21N4O2/c1-3-14(20)18(2)11-7-9-19(12(10-11)15(16)21)13-6-4-5-8-17-13/h4,6,8,11-12H,3,7,9-10H2,1-2H3,(H2,16,21). The van der Waals surface area contributed by atoms with Crippen molar-refractivity contribution >= 4 is 17.6 Å². The fourth-order valence-corrected chi connectivity index (χ4v) is 2.78. The normalized spacial score (nSPS) is 21.9. The number of hydrogen-bond acceptors (Lipinski definition) is 4. The maximum atomic E-state index is 11.8. The fraction of sp³-hybridized carbons (Fsp3) is 0.533. The van der Waals surface area contributed by atoms with Gasteiger partial charge in [-0.15, -0.1) is 0 Å². The van der Waals surface area contributed by atoms with E-state index in [0.29, 0.717) is 19.4 Å². The van der Waals surface area contributed by atoms with E-state index in [2.05, 4.69) is 11.1 Å². The molecule has 0 spiro atoms. The van der Waals surface area contributed by atoms with E-state index in [-0.39, 0.29) is 17.9 Å². The zero-order chi connectivity index (χ0) is 15.4. The molecule has 2 unspecified atom stereocenters. The summed E-state index contributed by atoms with van der Waals surface area (Å²) >= 11 is 0. The van der Waals surface area contributed by atoms with Crippen LogP contribution in [0.3, 0.4) is 0 Å². The second kappa shape index (κ2) is 6.56. The van der Waals surface area contributed by atoms with E-state index in [1.165, 1.54) is 0 Å². The van der Waals surface area contributed by atoms with E-state index in [9.17, 15) is 9.59 Å². The highest BCUT2D eigenvalue weighted by Crippen LogP contribution is 2.25. The first-order valence-electron chi connectivity index (χ1n) is 7.18. The Morgan fingerprint density at radius 1 is 1.57 bits per heavy atom. The number of nitrogens with zero attached hydrogens (tertiary/aromatic N) is 3. The van der Waals surface area contributed by atoms with Crippen LogP contribution in [0, 0.1) is 6.07 Å². The second-order valence-corrected chi connectivity index (χ2v) is 5.26. The molecule has 1 radical (unpaired) electrons. The predicted octanol–water partition coefficient (Wildman–Crippen LogP) is 0.573. The van der Waals surface area contributed by atoms with Crippen LogP contribution in [0.25, 0.3) is 0 Å². The van der Waals surface area contributed by atoms with Gasteiger partial charge in [0.05, 0.1) is 0 Å². The molecule has 1 aromatic heterocycles. The van der Waals surface area contributed by atoms with E-state index in [1.807, 2.05) is 17.9 Å². The lowest BCUT2D eigenvalue weighted by Crippen LogP contribution is -2.55. The van der Waals surface area contributed by atoms with Gasteiger partial charge in [0.2, 0.25) is 11.8 Å². The van der Waals surface area contributed by atoms with Crippen molar-refractivity contribution in [1.29, 1.82) is 0 Å². The van der Waals surface area contributed by atoms with Crippen LogP contribution in [-0.2, 0) is 9.59 Å². The van der Waals surface area contributed by atoms with Crippen LogP contribution >= 0.6 is 0 Å². The van der Waals surface area contributed by atoms with E-state index >= 15 is 0 Å². The smallest absolute Gasteiger partial charge is 0.240 e. The first-order valence-corrected chi connectivity index (χ1v) is 7.18. The largest absolute Gasteiger partial charge is 0.368 e. The fourth-order valence-electron chi connectivity index (χ4n) is 2.78. The van der Waals surface area contributed by atoms with Crippen LogP contribution in [0.15, 0.2) is 18.3 Å². The summed E-state index contributed by atoms with van der Waals surface area (Å²) in [6, 6.07) is 6.04. The van der Waals surface area contributed by atoms with Gasteiger partial charge >= 0.3 is 0 Å². The van der Waals surface area contributed by atoms with Gasteiger partial charge in [0.15, 0.2) is 0 Å². The first-order chi connectivity index (χ1) is 10.0. The lowest BCUT2D eigenvalue weighted by Gasteiger charge is -2.41. The quantitative estimate of drug-likeness (QED) is 0.879. The molecular weight excluding hydrogens is 268 g/mol. The minimum absolute atomic E-state index is 0.0430. The second-order valence-electron chi connectivity index (χ2n) is 5.26. The summed E-state index contributed by atoms with van der Waals surface area (Å²) < 4.78 is 0. The number of rotatable bonds is 4. The van der Waals surface area contributed by atoms with Crippen molar-refractivity contribution in [2.45, 2.75) is 38.3 Å². The predicted molar refractivity (Wildman–Crippen MR) is 79.5 cm³/mol. The molecule has 1 aliphatic heterocycles. The van der Waals surface area contributed by atoms with Gasteiger partial charge < -0.3 is 15.5 Å². The molecule has 1 fully saturated rings. The molecule has 2 heterocycles. The van der Waals surface area contributed by atoms with E-state index in [1.54, 1.807) is 24.2 Å². The lowest BCUT2D eigenvalue weighted by atomic mass is 9.95. The lowest BCUT2D eigenvalue weighted by molar-refractivity contribution is -0.133. The zero-order valence-electron chi connectivity index (χ0n) is 12.5. The molecule has 1 saturated heterocycles. The Balaban J connectivity index is 2.15. The van der Waals surface area contributed by atoms with Crippen molar-refractivity contribution in [2.75, 3.05) is 18.5 Å². The van der Waals surface area contributed by atoms with Gasteiger partial charge in [0.1, 0.15) is 11.9 Å². The molecule has 0 saturated carbocycles. The summed E-state index contributed by atoms with van der Waals surface area (Å²) in [5.41, 5.74) is 5.55. The van der Waals surface area contributed by atoms with Crippen LogP contribution in [0.2, 0.25) is 0 Å². The number of carbonyl (C=O) groups is 2. The molecule has 2 N–H and O–H groups in total. The Morgan fingerprint density at radius 3 is 2.90 bits per heavy atom. The number of amides is 2. The third-order valence-corrected chi connectivity index (χ3v) is 4.04. The van der Waals surface area contributed by atoms with Crippen molar-refractivity contribution in [1.82, 2.24) is 9.88 Å². The molecule has 6 nitrogen and oxygen atoms in total. The molecule has 1 aromatic rings. The number of aromatic nitrogens is 1. The SMILES string of the molecule is CCC(=O)N(C)C1CCN(c2cc[c]cn2)C(C(N)=O)C1. The monoisotopic (exact) mass is 289 g/mol. The molecular formula is C15H21N4O2. The van der Waals surface area contributed by atoms with Gasteiger partial charge in [-0.05, 0) is 25.0 Å². The third kappa shape index (κ3) is 3.32. The van der Waals surface area contributed by atoms with Crippen molar-refractivity contribution in [3.8, 4) is 0 Å². The Bertz CT molecular complexity index is 506. The van der Waals surface area contributed by atoms with Crippen LogP contribution in [0.1, 0.15) is 26.2 Å². The van der Waals surface area contributed by atoms with Crippen molar-refractivity contribution in [3.05, 3.63) is 24.4 Å². The summed E-state index contributed by atoms with van der Waals surface area (Å²) in [7, 11) is 1.79. The third-order valence-electron chi connectivity index (χ3n) is 4.04. The molecule has 2 amide bonds. The summed E-state index contributed by atoms with van der Waals surface area (Å²) in [5, 5.41) is 0. The molecule has 113 valence electrons. The average molecular weight is 289 g/mol. The number of carbonyl (C=O) groups excluding carboxylic acids is 2. The topological polar surface area (TPSA) is 79.5 Å². The summed E-state index contributed by atoms with van der Waals surface area (Å²) in [6.45, 7) is 2.49. The molecule has 1 aliphatic rings. The highest BCUT2D eigenvalue weighted by Gasteiger charge is 2.35. The number of anilines is 1. The average Bonchev–Trinajstić information content (AvgIpc) is 2.53. The summed E-state index contributed by atoms with van der Waals surface area (Å²) in [4.78, 5) is 31.5. The molecule has 2 atom stereocenters. The van der Waals surface area contributed by atoms with Crippen LogP contribution < -0.4 is 10.6 Å². The van der Waals surface area contributed by atoms with E-state index in [4.69, 9.17) is 5.73 Å². The first kappa shape index (κ1) is 15.3. The van der Waals surface area contributed by atoms with Crippen LogP contribution in [-0.4, -0.2) is 47.4 Å². The molecule has 0 bridgehead atoms. The van der Waals surface area contributed by atoms with Crippen molar-refractivity contribution in [3.63, 3.8) is 0 Å². The maximum Gasteiger partial charge on any atom is 0.240 e. The van der Waals surface area contributed by atoms with Crippen LogP contribution in [0.4, 0.5) is 5.82 Å². The molecule has 2 rings (SSSR count). The Kier molecular flexibility index (Phi) is 4.77. The van der Waals surface area contributed by atoms with Crippen LogP contribution in [0.5, 0.6) is 0 Å². The number of nitrogens with two attached hydrogens (primary N) is 1.